The van der Waals surface area contributed by atoms with E-state index in [4.69, 9.17) is 173 Å². The molecule has 0 fully saturated rings. The molecule has 0 saturated heterocycles. The van der Waals surface area contributed by atoms with Crippen LogP contribution in [0.5, 0.6) is 0 Å². The molecule has 0 aromatic carbocycles. The molecule has 0 heterocycles. The van der Waals surface area contributed by atoms with E-state index in [2.05, 4.69) is 0 Å². The maximum atomic E-state index is 8.55. The number of phosphoric acid groups is 9. The van der Waals surface area contributed by atoms with Gasteiger partial charge in [-0.05, 0) is 0 Å². The Morgan fingerprint density at radius 3 is 0.162 bits per heavy atom. The molecule has 0 aromatic heterocycles. The van der Waals surface area contributed by atoms with Crippen LogP contribution in [0.4, 0.5) is 0 Å². The van der Waals surface area contributed by atoms with Crippen LogP contribution >= 0.6 is 70.4 Å². The van der Waals surface area contributed by atoms with Gasteiger partial charge >= 0.3 is 328 Å². The zero-order valence-corrected chi connectivity index (χ0v) is 59.4. The van der Waals surface area contributed by atoms with Crippen molar-refractivity contribution in [2.24, 2.45) is 0 Å². The third-order valence-corrected chi connectivity index (χ3v) is 0. The maximum absolute atomic E-state index is 8.55. The minimum atomic E-state index is -5.39. The molecule has 432 valence electrons. The maximum Gasteiger partial charge on any atom is 3.00 e. The van der Waals surface area contributed by atoms with E-state index in [1.807, 2.05) is 0 Å². The van der Waals surface area contributed by atoms with E-state index >= 15 is 0 Å². The Kier molecular flexibility index (Phi) is 503. The summed E-state index contributed by atoms with van der Waals surface area (Å²) in [4.78, 5) is 231. The van der Waals surface area contributed by atoms with Crippen LogP contribution in [-0.4, -0.2) is 263 Å². The van der Waals surface area contributed by atoms with Crippen molar-refractivity contribution >= 4 is 262 Å². The summed E-state index contributed by atoms with van der Waals surface area (Å²) in [5, 5.41) is 0. The van der Waals surface area contributed by atoms with Gasteiger partial charge in [-0.15, -0.1) is 0 Å². The van der Waals surface area contributed by atoms with Crippen LogP contribution in [0.1, 0.15) is 0 Å². The fraction of sp³-hybridized carbons (Fsp3) is 0. The van der Waals surface area contributed by atoms with E-state index in [0.29, 0.717) is 0 Å². The fourth-order valence-corrected chi connectivity index (χ4v) is 0. The third kappa shape index (κ3) is 5100. The first-order chi connectivity index (χ1) is 18.0. The van der Waals surface area contributed by atoms with Gasteiger partial charge in [0.1, 0.15) is 0 Å². The Balaban J connectivity index is -0.00000000522. The van der Waals surface area contributed by atoms with Crippen LogP contribution in [0.15, 0.2) is 0 Å². The van der Waals surface area contributed by atoms with Crippen molar-refractivity contribution < 1.29 is 381 Å². The molecule has 17 N–H and O–H groups in total. The minimum Gasteiger partial charge on any atom is -0.870 e. The van der Waals surface area contributed by atoms with Gasteiger partial charge in [0.05, 0.1) is 0 Å². The molecule has 0 saturated carbocycles. The molecular weight excluding hydrogens is 1700 g/mol. The van der Waals surface area contributed by atoms with Gasteiger partial charge in [0.25, 0.3) is 0 Å². The average molecular weight is 1720 g/mol. The summed E-state index contributed by atoms with van der Waals surface area (Å²) in [6, 6.07) is 0. The predicted molar refractivity (Wildman–Crippen MR) is 146 cm³/mol. The first-order valence-corrected chi connectivity index (χ1v) is 19.7. The fourth-order valence-electron chi connectivity index (χ4n) is 0. The van der Waals surface area contributed by atoms with Crippen LogP contribution in [0.2, 0.25) is 0 Å². The Morgan fingerprint density at radius 2 is 0.162 bits per heavy atom. The molecule has 0 atom stereocenters. The van der Waals surface area contributed by atoms with Gasteiger partial charge in [0.2, 0.25) is 0 Å². The summed E-state index contributed by atoms with van der Waals surface area (Å²) >= 11 is 0. The molecule has 0 aromatic rings. The van der Waals surface area contributed by atoms with E-state index in [9.17, 15) is 0 Å². The van der Waals surface area contributed by atoms with Crippen molar-refractivity contribution in [1.29, 1.82) is 0 Å². The Bertz CT molecular complexity index is 825. The van der Waals surface area contributed by atoms with Crippen molar-refractivity contribution in [1.82, 2.24) is 0 Å². The van der Waals surface area contributed by atoms with E-state index in [-0.39, 0.29) is 399 Å². The Labute approximate surface area is 632 Å². The van der Waals surface area contributed by atoms with Crippen LogP contribution in [-0.2, 0) is 178 Å². The van der Waals surface area contributed by atoms with Gasteiger partial charge in [-0.1, -0.05) is 0 Å². The first kappa shape index (κ1) is 273. The molecule has 0 aliphatic heterocycles. The monoisotopic (exact) mass is 1720 g/mol. The van der Waals surface area contributed by atoms with Crippen LogP contribution in [0, 0.1) is 0 Å². The van der Waals surface area contributed by atoms with Gasteiger partial charge in [-0.3, -0.25) is 0 Å². The summed E-state index contributed by atoms with van der Waals surface area (Å²) in [5.41, 5.74) is 0. The van der Waals surface area contributed by atoms with Gasteiger partial charge in [-0.2, -0.15) is 70.4 Å². The minimum absolute atomic E-state index is 0. The predicted octanol–water partition coefficient (Wildman–Crippen LogP) is -33.4. The molecule has 0 spiro atoms. The molecular formula is H17Be4Ca4Fe4Mn4O49P9. The SMILES string of the molecule is O.O.O.O.O=P([O-])([O-])[O-].O=P([O-])([O-])[O-].O=P([O-])([O-])[O-].O=P([O-])([O-])[O-].O=P([O-])([O-])[O-].O=P([O-])([O-])[O-].O=P([O-])([O-])[O-].O=P([O-])([O-])[O-].O=P([O-])([O-])[O-].[Be+2].[Be+2].[Be+2].[Be+2].[Ca+2].[Ca+2].[Ca+2].[Ca+2].[Fe+3].[Fe+3].[Fe+3].[Fe+3].[Mn+2].[Mn+2].[Mn+2].[Mn+2].[OH-].[OH-].[OH-].[OH-].[OH-].[OH-].[OH-].[OH-].[OH-]. The van der Waals surface area contributed by atoms with Crippen molar-refractivity contribution in [3.05, 3.63) is 0 Å². The summed E-state index contributed by atoms with van der Waals surface area (Å²) < 4.78 is 76.9. The molecule has 74 heavy (non-hydrogen) atoms. The molecule has 0 bridgehead atoms. The van der Waals surface area contributed by atoms with Gasteiger partial charge in [-0.25, -0.2) is 0 Å². The second kappa shape index (κ2) is 136. The molecule has 0 aliphatic rings. The van der Waals surface area contributed by atoms with Crippen LogP contribution < -0.4 is 132 Å². The summed E-state index contributed by atoms with van der Waals surface area (Å²) in [6.07, 6.45) is 0. The standard InChI is InChI=1S/4Be.4Ca.4Fe.4Mn.9H3O4P.13H2O/c;;;;;;;;;;;;;;;;9*1-5(2,3)4;;;;;;;;;;;;;/h;;;;;;;;;;;;;;;;9*(H3,1,2,3,4);13*1H2/q8*+2;4*+3;4*+2;;;;;;;;;;;;;;;;;;;;;;/p-36. The number of rotatable bonds is 0. The molecule has 8 radical (unpaired) electrons. The smallest absolute Gasteiger partial charge is 0.870 e. The average Bonchev–Trinajstić information content (AvgIpc) is 2.26. The molecule has 0 rings (SSSR count). The van der Waals surface area contributed by atoms with E-state index in [1.54, 1.807) is 0 Å². The third-order valence-electron chi connectivity index (χ3n) is 0. The molecule has 0 unspecified atom stereocenters. The summed E-state index contributed by atoms with van der Waals surface area (Å²) in [6.45, 7) is 0. The summed E-state index contributed by atoms with van der Waals surface area (Å²) in [5.74, 6) is 0. The normalized spacial score (nSPS) is 7.18. The number of hydrogen-bond acceptors (Lipinski definition) is 45. The van der Waals surface area contributed by atoms with Gasteiger partial charge < -0.3 is 244 Å². The topological polar surface area (TPSA) is 1170 Å². The van der Waals surface area contributed by atoms with Crippen molar-refractivity contribution in [2.75, 3.05) is 0 Å². The quantitative estimate of drug-likeness (QED) is 0.160. The molecule has 0 amide bonds. The zero-order valence-electron chi connectivity index (χ0n) is 33.3. The van der Waals surface area contributed by atoms with Crippen LogP contribution in [0.3, 0.4) is 0 Å². The van der Waals surface area contributed by atoms with E-state index < -0.39 is 70.4 Å². The van der Waals surface area contributed by atoms with Gasteiger partial charge in [0.15, 0.2) is 0 Å². The van der Waals surface area contributed by atoms with Crippen molar-refractivity contribution in [3.63, 3.8) is 0 Å². The van der Waals surface area contributed by atoms with Crippen molar-refractivity contribution in [3.8, 4) is 0 Å². The number of hydrogen-bond donors (Lipinski definition) is 0. The molecule has 49 nitrogen and oxygen atoms in total. The van der Waals surface area contributed by atoms with Gasteiger partial charge in [0, 0.05) is 0 Å². The molecule has 74 heteroatoms. The second-order valence-corrected chi connectivity index (χ2v) is 12.1. The van der Waals surface area contributed by atoms with Crippen LogP contribution in [0.25, 0.3) is 0 Å². The summed E-state index contributed by atoms with van der Waals surface area (Å²) in [7, 11) is -48.5. The largest absolute Gasteiger partial charge is 3.00 e. The second-order valence-electron chi connectivity index (χ2n) is 4.02. The van der Waals surface area contributed by atoms with E-state index in [0.717, 1.165) is 0 Å². The first-order valence-electron chi connectivity index (χ1n) is 6.57. The Hall–Kier alpha value is 10.3. The zero-order chi connectivity index (χ0) is 40.5. The Morgan fingerprint density at radius 1 is 0.162 bits per heavy atom. The molecule has 0 aliphatic carbocycles. The van der Waals surface area contributed by atoms with Crippen molar-refractivity contribution in [2.45, 2.75) is 0 Å². The van der Waals surface area contributed by atoms with E-state index in [1.165, 1.54) is 0 Å².